The molecule has 0 unspecified atom stereocenters. The second-order valence-corrected chi connectivity index (χ2v) is 3.26. The molecular formula is C11H13N3O2. The van der Waals surface area contributed by atoms with E-state index < -0.39 is 0 Å². The Morgan fingerprint density at radius 1 is 1.31 bits per heavy atom. The summed E-state index contributed by atoms with van der Waals surface area (Å²) in [5.74, 6) is 1.85. The number of aromatic nitrogens is 2. The summed E-state index contributed by atoms with van der Waals surface area (Å²) in [5, 5.41) is 6.59. The Morgan fingerprint density at radius 2 is 2.06 bits per heavy atom. The topological polar surface area (TPSA) is 73.2 Å². The van der Waals surface area contributed by atoms with Gasteiger partial charge < -0.3 is 15.2 Å². The molecule has 0 aliphatic rings. The number of anilines is 1. The summed E-state index contributed by atoms with van der Waals surface area (Å²) in [5.41, 5.74) is 6.30. The Labute approximate surface area is 93.2 Å². The minimum Gasteiger partial charge on any atom is -0.493 e. The van der Waals surface area contributed by atoms with Crippen molar-refractivity contribution in [3.05, 3.63) is 36.0 Å². The highest BCUT2D eigenvalue weighted by molar-refractivity contribution is 5.39. The van der Waals surface area contributed by atoms with E-state index >= 15 is 0 Å². The first-order valence-electron chi connectivity index (χ1n) is 4.85. The van der Waals surface area contributed by atoms with Crippen molar-refractivity contribution in [1.82, 2.24) is 10.2 Å². The van der Waals surface area contributed by atoms with E-state index in [1.807, 2.05) is 24.3 Å². The van der Waals surface area contributed by atoms with Gasteiger partial charge in [-0.2, -0.15) is 5.10 Å². The zero-order valence-electron chi connectivity index (χ0n) is 8.93. The van der Waals surface area contributed by atoms with Crippen LogP contribution in [0.25, 0.3) is 0 Å². The lowest BCUT2D eigenvalue weighted by atomic mass is 10.3. The molecule has 5 nitrogen and oxygen atoms in total. The highest BCUT2D eigenvalue weighted by atomic mass is 16.5. The number of benzene rings is 1. The van der Waals surface area contributed by atoms with E-state index in [0.717, 1.165) is 5.69 Å². The Bertz CT molecular complexity index is 468. The Kier molecular flexibility index (Phi) is 2.95. The van der Waals surface area contributed by atoms with Crippen LogP contribution >= 0.6 is 0 Å². The monoisotopic (exact) mass is 219 g/mol. The molecule has 2 rings (SSSR count). The maximum Gasteiger partial charge on any atom is 0.161 e. The van der Waals surface area contributed by atoms with Gasteiger partial charge in [-0.25, -0.2) is 0 Å². The minimum atomic E-state index is 0.380. The second-order valence-electron chi connectivity index (χ2n) is 3.26. The lowest BCUT2D eigenvalue weighted by Gasteiger charge is -2.08. The third-order valence-corrected chi connectivity index (χ3v) is 2.10. The molecule has 0 radical (unpaired) electrons. The quantitative estimate of drug-likeness (QED) is 0.818. The van der Waals surface area contributed by atoms with Gasteiger partial charge in [-0.05, 0) is 12.1 Å². The largest absolute Gasteiger partial charge is 0.493 e. The predicted octanol–water partition coefficient (Wildman–Crippen LogP) is 1.58. The fraction of sp³-hybridized carbons (Fsp3) is 0.182. The van der Waals surface area contributed by atoms with Crippen LogP contribution < -0.4 is 15.2 Å². The molecule has 0 atom stereocenters. The van der Waals surface area contributed by atoms with Crippen molar-refractivity contribution >= 4 is 5.82 Å². The molecule has 5 heteroatoms. The summed E-state index contributed by atoms with van der Waals surface area (Å²) in [6, 6.07) is 9.20. The molecule has 0 amide bonds. The number of ether oxygens (including phenoxy) is 2. The number of nitrogens with one attached hydrogen (secondary N) is 1. The summed E-state index contributed by atoms with van der Waals surface area (Å²) in [6.07, 6.45) is 0. The van der Waals surface area contributed by atoms with Gasteiger partial charge in [0.25, 0.3) is 0 Å². The fourth-order valence-electron chi connectivity index (χ4n) is 1.35. The number of aromatic amines is 1. The normalized spacial score (nSPS) is 10.1. The number of nitrogen functional groups attached to an aromatic ring is 1. The molecular weight excluding hydrogens is 206 g/mol. The molecule has 3 N–H and O–H groups in total. The molecule has 16 heavy (non-hydrogen) atoms. The van der Waals surface area contributed by atoms with E-state index in [2.05, 4.69) is 10.2 Å². The van der Waals surface area contributed by atoms with E-state index in [1.54, 1.807) is 13.2 Å². The summed E-state index contributed by atoms with van der Waals surface area (Å²) in [7, 11) is 1.61. The lowest BCUT2D eigenvalue weighted by molar-refractivity contribution is 0.280. The van der Waals surface area contributed by atoms with Gasteiger partial charge in [-0.1, -0.05) is 12.1 Å². The van der Waals surface area contributed by atoms with Gasteiger partial charge in [0.05, 0.1) is 12.8 Å². The molecule has 1 heterocycles. The van der Waals surface area contributed by atoms with Gasteiger partial charge >= 0.3 is 0 Å². The smallest absolute Gasteiger partial charge is 0.161 e. The number of methoxy groups -OCH3 is 1. The summed E-state index contributed by atoms with van der Waals surface area (Å²) < 4.78 is 10.7. The van der Waals surface area contributed by atoms with Crippen LogP contribution in [0, 0.1) is 0 Å². The SMILES string of the molecule is COc1ccccc1OCc1cc(N)n[nH]1. The van der Waals surface area contributed by atoms with E-state index in [1.165, 1.54) is 0 Å². The third kappa shape index (κ3) is 2.25. The van der Waals surface area contributed by atoms with Crippen molar-refractivity contribution in [2.45, 2.75) is 6.61 Å². The zero-order chi connectivity index (χ0) is 11.4. The molecule has 2 aromatic rings. The number of hydrogen-bond acceptors (Lipinski definition) is 4. The van der Waals surface area contributed by atoms with Crippen LogP contribution in [0.1, 0.15) is 5.69 Å². The van der Waals surface area contributed by atoms with Gasteiger partial charge in [-0.3, -0.25) is 5.10 Å². The van der Waals surface area contributed by atoms with Crippen molar-refractivity contribution in [3.63, 3.8) is 0 Å². The van der Waals surface area contributed by atoms with E-state index in [0.29, 0.717) is 23.9 Å². The zero-order valence-corrected chi connectivity index (χ0v) is 8.93. The van der Waals surface area contributed by atoms with Crippen LogP contribution in [0.5, 0.6) is 11.5 Å². The lowest BCUT2D eigenvalue weighted by Crippen LogP contribution is -1.97. The molecule has 0 fully saturated rings. The Morgan fingerprint density at radius 3 is 2.69 bits per heavy atom. The number of para-hydroxylation sites is 2. The van der Waals surface area contributed by atoms with E-state index in [-0.39, 0.29) is 0 Å². The summed E-state index contributed by atoms with van der Waals surface area (Å²) in [4.78, 5) is 0. The highest BCUT2D eigenvalue weighted by Gasteiger charge is 2.04. The first kappa shape index (κ1) is 10.4. The Balaban J connectivity index is 2.04. The molecule has 0 bridgehead atoms. The maximum absolute atomic E-state index is 5.58. The van der Waals surface area contributed by atoms with Crippen molar-refractivity contribution in [3.8, 4) is 11.5 Å². The third-order valence-electron chi connectivity index (χ3n) is 2.10. The van der Waals surface area contributed by atoms with E-state index in [4.69, 9.17) is 15.2 Å². The molecule has 0 aliphatic carbocycles. The fourth-order valence-corrected chi connectivity index (χ4v) is 1.35. The van der Waals surface area contributed by atoms with Gasteiger partial charge in [0.15, 0.2) is 11.5 Å². The molecule has 84 valence electrons. The molecule has 0 saturated heterocycles. The van der Waals surface area contributed by atoms with Crippen molar-refractivity contribution in [2.24, 2.45) is 0 Å². The minimum absolute atomic E-state index is 0.380. The average molecular weight is 219 g/mol. The first-order valence-corrected chi connectivity index (χ1v) is 4.85. The highest BCUT2D eigenvalue weighted by Crippen LogP contribution is 2.26. The van der Waals surface area contributed by atoms with Gasteiger partial charge in [0.2, 0.25) is 0 Å². The molecule has 1 aromatic carbocycles. The van der Waals surface area contributed by atoms with Gasteiger partial charge in [0, 0.05) is 6.07 Å². The second kappa shape index (κ2) is 4.57. The van der Waals surface area contributed by atoms with Crippen LogP contribution in [-0.4, -0.2) is 17.3 Å². The number of H-pyrrole nitrogens is 1. The summed E-state index contributed by atoms with van der Waals surface area (Å²) in [6.45, 7) is 0.380. The number of rotatable bonds is 4. The van der Waals surface area contributed by atoms with Crippen molar-refractivity contribution < 1.29 is 9.47 Å². The molecule has 0 aliphatic heterocycles. The molecule has 1 aromatic heterocycles. The van der Waals surface area contributed by atoms with Crippen molar-refractivity contribution in [2.75, 3.05) is 12.8 Å². The van der Waals surface area contributed by atoms with Crippen LogP contribution in [0.3, 0.4) is 0 Å². The number of nitrogens with two attached hydrogens (primary N) is 1. The molecule has 0 spiro atoms. The van der Waals surface area contributed by atoms with Crippen LogP contribution in [-0.2, 0) is 6.61 Å². The van der Waals surface area contributed by atoms with Crippen LogP contribution in [0.2, 0.25) is 0 Å². The average Bonchev–Trinajstić information content (AvgIpc) is 2.73. The number of nitrogens with zero attached hydrogens (tertiary/aromatic N) is 1. The van der Waals surface area contributed by atoms with Crippen LogP contribution in [0.15, 0.2) is 30.3 Å². The van der Waals surface area contributed by atoms with E-state index in [9.17, 15) is 0 Å². The first-order chi connectivity index (χ1) is 7.79. The molecule has 0 saturated carbocycles. The standard InChI is InChI=1S/C11H13N3O2/c1-15-9-4-2-3-5-10(9)16-7-8-6-11(12)14-13-8/h2-6H,7H2,1H3,(H3,12,13,14). The number of hydrogen-bond donors (Lipinski definition) is 2. The van der Waals surface area contributed by atoms with Crippen molar-refractivity contribution in [1.29, 1.82) is 0 Å². The predicted molar refractivity (Wildman–Crippen MR) is 60.3 cm³/mol. The van der Waals surface area contributed by atoms with Gasteiger partial charge in [0.1, 0.15) is 12.4 Å². The maximum atomic E-state index is 5.58. The van der Waals surface area contributed by atoms with Gasteiger partial charge in [-0.15, -0.1) is 0 Å². The van der Waals surface area contributed by atoms with Crippen LogP contribution in [0.4, 0.5) is 5.82 Å². The summed E-state index contributed by atoms with van der Waals surface area (Å²) >= 11 is 0. The Hall–Kier alpha value is -2.17.